The topological polar surface area (TPSA) is 102 Å². The highest BCUT2D eigenvalue weighted by molar-refractivity contribution is 5.90. The Morgan fingerprint density at radius 2 is 1.97 bits per heavy atom. The number of fused-ring (bicyclic) bond motifs is 4. The normalized spacial score (nSPS) is 15.5. The maximum atomic E-state index is 13.1. The third-order valence-corrected chi connectivity index (χ3v) is 6.08. The highest BCUT2D eigenvalue weighted by Crippen LogP contribution is 2.31. The van der Waals surface area contributed by atoms with E-state index in [2.05, 4.69) is 4.98 Å². The number of para-hydroxylation sites is 1. The third kappa shape index (κ3) is 3.73. The number of nitrogens with zero attached hydrogens (tertiary/aromatic N) is 1. The van der Waals surface area contributed by atoms with Crippen molar-refractivity contribution in [3.63, 3.8) is 0 Å². The lowest BCUT2D eigenvalue weighted by Crippen LogP contribution is -2.50. The molecule has 8 heteroatoms. The van der Waals surface area contributed by atoms with Crippen LogP contribution in [0.4, 0.5) is 0 Å². The van der Waals surface area contributed by atoms with Gasteiger partial charge in [0.25, 0.3) is 5.91 Å². The Morgan fingerprint density at radius 1 is 1.15 bits per heavy atom. The average molecular weight is 446 g/mol. The van der Waals surface area contributed by atoms with Gasteiger partial charge >= 0.3 is 11.6 Å². The van der Waals surface area contributed by atoms with Gasteiger partial charge in [-0.1, -0.05) is 18.2 Å². The Morgan fingerprint density at radius 3 is 2.79 bits per heavy atom. The fourth-order valence-corrected chi connectivity index (χ4v) is 4.44. The van der Waals surface area contributed by atoms with Crippen LogP contribution < -0.4 is 10.4 Å². The van der Waals surface area contributed by atoms with Crippen LogP contribution >= 0.6 is 0 Å². The highest BCUT2D eigenvalue weighted by Gasteiger charge is 2.37. The Kier molecular flexibility index (Phi) is 5.12. The van der Waals surface area contributed by atoms with E-state index in [4.69, 9.17) is 13.9 Å². The van der Waals surface area contributed by atoms with E-state index in [0.717, 1.165) is 33.1 Å². The molecule has 0 saturated carbocycles. The van der Waals surface area contributed by atoms with Crippen LogP contribution in [0.3, 0.4) is 0 Å². The molecular formula is C25H22N2O6. The smallest absolute Gasteiger partial charge is 0.336 e. The molecule has 0 unspecified atom stereocenters. The number of hydrogen-bond donors (Lipinski definition) is 1. The fraction of sp³-hybridized carbons (Fsp3) is 0.240. The summed E-state index contributed by atoms with van der Waals surface area (Å²) in [7, 11) is 1.32. The van der Waals surface area contributed by atoms with Gasteiger partial charge in [-0.15, -0.1) is 0 Å². The van der Waals surface area contributed by atoms with E-state index >= 15 is 0 Å². The summed E-state index contributed by atoms with van der Waals surface area (Å²) in [6, 6.07) is 13.6. The predicted molar refractivity (Wildman–Crippen MR) is 121 cm³/mol. The summed E-state index contributed by atoms with van der Waals surface area (Å²) in [6.45, 7) is 1.80. The molecule has 5 rings (SSSR count). The van der Waals surface area contributed by atoms with Crippen molar-refractivity contribution in [2.75, 3.05) is 13.7 Å². The highest BCUT2D eigenvalue weighted by atomic mass is 16.5. The molecule has 0 saturated heterocycles. The number of ether oxygens (including phenoxy) is 2. The summed E-state index contributed by atoms with van der Waals surface area (Å²) in [5, 5.41) is 1.83. The summed E-state index contributed by atoms with van der Waals surface area (Å²) in [4.78, 5) is 42.1. The number of aryl methyl sites for hydroxylation is 1. The van der Waals surface area contributed by atoms with E-state index in [1.807, 2.05) is 31.2 Å². The second kappa shape index (κ2) is 8.12. The fourth-order valence-electron chi connectivity index (χ4n) is 4.44. The molecule has 1 amide bonds. The van der Waals surface area contributed by atoms with Crippen molar-refractivity contribution in [2.45, 2.75) is 25.9 Å². The molecule has 8 nitrogen and oxygen atoms in total. The van der Waals surface area contributed by atoms with Gasteiger partial charge in [0.05, 0.1) is 13.7 Å². The summed E-state index contributed by atoms with van der Waals surface area (Å²) in [5.74, 6) is -0.426. The van der Waals surface area contributed by atoms with Crippen molar-refractivity contribution < 1.29 is 23.5 Å². The number of aromatic nitrogens is 1. The van der Waals surface area contributed by atoms with Crippen LogP contribution in [-0.2, 0) is 27.3 Å². The molecule has 1 aliphatic rings. The predicted octanol–water partition coefficient (Wildman–Crippen LogP) is 3.09. The minimum Gasteiger partial charge on any atom is -0.484 e. The molecule has 1 aliphatic heterocycles. The molecule has 4 aromatic rings. The van der Waals surface area contributed by atoms with Crippen LogP contribution in [0.1, 0.15) is 16.8 Å². The molecule has 3 heterocycles. The van der Waals surface area contributed by atoms with Gasteiger partial charge in [-0.3, -0.25) is 4.79 Å². The summed E-state index contributed by atoms with van der Waals surface area (Å²) in [5.41, 5.74) is 3.62. The number of amides is 1. The Labute approximate surface area is 188 Å². The van der Waals surface area contributed by atoms with Crippen LogP contribution in [-0.4, -0.2) is 41.5 Å². The lowest BCUT2D eigenvalue weighted by Gasteiger charge is -2.33. The molecule has 0 bridgehead atoms. The molecule has 0 fully saturated rings. The van der Waals surface area contributed by atoms with E-state index in [9.17, 15) is 14.4 Å². The van der Waals surface area contributed by atoms with Crippen molar-refractivity contribution in [3.05, 3.63) is 75.8 Å². The second-order valence-corrected chi connectivity index (χ2v) is 8.09. The Balaban J connectivity index is 1.39. The van der Waals surface area contributed by atoms with Crippen LogP contribution in [0.25, 0.3) is 21.9 Å². The molecule has 168 valence electrons. The van der Waals surface area contributed by atoms with Crippen molar-refractivity contribution in [3.8, 4) is 5.75 Å². The largest absolute Gasteiger partial charge is 0.484 e. The van der Waals surface area contributed by atoms with Gasteiger partial charge in [0.15, 0.2) is 6.61 Å². The van der Waals surface area contributed by atoms with Gasteiger partial charge in [-0.2, -0.15) is 0 Å². The zero-order valence-electron chi connectivity index (χ0n) is 18.2. The number of rotatable bonds is 4. The van der Waals surface area contributed by atoms with Gasteiger partial charge in [0, 0.05) is 40.5 Å². The van der Waals surface area contributed by atoms with Gasteiger partial charge in [0.1, 0.15) is 17.4 Å². The third-order valence-electron chi connectivity index (χ3n) is 6.08. The minimum absolute atomic E-state index is 0.248. The summed E-state index contributed by atoms with van der Waals surface area (Å²) >= 11 is 0. The van der Waals surface area contributed by atoms with E-state index in [-0.39, 0.29) is 19.1 Å². The van der Waals surface area contributed by atoms with Gasteiger partial charge in [-0.25, -0.2) is 9.59 Å². The van der Waals surface area contributed by atoms with Gasteiger partial charge in [0.2, 0.25) is 0 Å². The van der Waals surface area contributed by atoms with Crippen LogP contribution in [0.2, 0.25) is 0 Å². The first-order valence-electron chi connectivity index (χ1n) is 10.6. The molecular weight excluding hydrogens is 424 g/mol. The monoisotopic (exact) mass is 446 g/mol. The zero-order valence-corrected chi connectivity index (χ0v) is 18.2. The van der Waals surface area contributed by atoms with Crippen molar-refractivity contribution in [1.29, 1.82) is 0 Å². The number of nitrogens with one attached hydrogen (secondary N) is 1. The average Bonchev–Trinajstić information content (AvgIpc) is 3.18. The number of carbonyl (C=O) groups is 2. The number of carbonyl (C=O) groups excluding carboxylic acids is 2. The molecule has 1 atom stereocenters. The van der Waals surface area contributed by atoms with Gasteiger partial charge < -0.3 is 23.8 Å². The molecule has 1 N–H and O–H groups in total. The van der Waals surface area contributed by atoms with Crippen molar-refractivity contribution in [2.24, 2.45) is 0 Å². The lowest BCUT2D eigenvalue weighted by molar-refractivity contribution is -0.154. The number of methoxy groups -OCH3 is 1. The standard InChI is InChI=1S/C25H22N2O6/c1-14-9-24(29)33-22-10-15(7-8-16(14)22)32-13-23(28)27-12-20-18(11-21(27)25(30)31-2)17-5-3-4-6-19(17)26-20/h3-10,21,26H,11-13H2,1-2H3/t21-/m1/s1. The molecule has 0 spiro atoms. The summed E-state index contributed by atoms with van der Waals surface area (Å²) < 4.78 is 15.9. The van der Waals surface area contributed by atoms with E-state index < -0.39 is 17.6 Å². The molecule has 0 radical (unpaired) electrons. The first-order chi connectivity index (χ1) is 15.9. The maximum absolute atomic E-state index is 13.1. The number of H-pyrrole nitrogens is 1. The van der Waals surface area contributed by atoms with Crippen LogP contribution in [0, 0.1) is 6.92 Å². The lowest BCUT2D eigenvalue weighted by atomic mass is 9.96. The van der Waals surface area contributed by atoms with E-state index in [1.54, 1.807) is 18.2 Å². The summed E-state index contributed by atoms with van der Waals surface area (Å²) in [6.07, 6.45) is 0.359. The molecule has 2 aromatic carbocycles. The quantitative estimate of drug-likeness (QED) is 0.382. The Bertz CT molecular complexity index is 1450. The number of benzene rings is 2. The van der Waals surface area contributed by atoms with Crippen LogP contribution in [0.15, 0.2) is 57.7 Å². The minimum atomic E-state index is -0.741. The molecule has 33 heavy (non-hydrogen) atoms. The number of hydrogen-bond acceptors (Lipinski definition) is 6. The molecule has 2 aromatic heterocycles. The van der Waals surface area contributed by atoms with Crippen LogP contribution in [0.5, 0.6) is 5.75 Å². The Hall–Kier alpha value is -4.07. The number of esters is 1. The zero-order chi connectivity index (χ0) is 23.1. The first kappa shape index (κ1) is 20.8. The maximum Gasteiger partial charge on any atom is 0.336 e. The first-order valence-corrected chi connectivity index (χ1v) is 10.6. The van der Waals surface area contributed by atoms with E-state index in [1.165, 1.54) is 18.1 Å². The van der Waals surface area contributed by atoms with Gasteiger partial charge in [-0.05, 0) is 36.2 Å². The van der Waals surface area contributed by atoms with E-state index in [0.29, 0.717) is 17.8 Å². The van der Waals surface area contributed by atoms with Crippen molar-refractivity contribution >= 4 is 33.7 Å². The second-order valence-electron chi connectivity index (χ2n) is 8.09. The molecule has 0 aliphatic carbocycles. The van der Waals surface area contributed by atoms with Crippen molar-refractivity contribution in [1.82, 2.24) is 9.88 Å². The number of aromatic amines is 1. The SMILES string of the molecule is COC(=O)[C@H]1Cc2c([nH]c3ccccc23)CN1C(=O)COc1ccc2c(C)cc(=O)oc2c1.